The van der Waals surface area contributed by atoms with E-state index in [0.29, 0.717) is 6.42 Å². The van der Waals surface area contributed by atoms with Crippen molar-refractivity contribution in [2.75, 3.05) is 24.7 Å². The molecule has 92 valence electrons. The summed E-state index contributed by atoms with van der Waals surface area (Å²) in [7, 11) is -2.94. The van der Waals surface area contributed by atoms with Crippen LogP contribution < -0.4 is 5.32 Å². The lowest BCUT2D eigenvalue weighted by Crippen LogP contribution is -2.36. The van der Waals surface area contributed by atoms with Gasteiger partial charge in [0.15, 0.2) is 9.84 Å². The molecule has 6 nitrogen and oxygen atoms in total. The van der Waals surface area contributed by atoms with E-state index in [1.807, 2.05) is 0 Å². The zero-order valence-corrected chi connectivity index (χ0v) is 9.88. The van der Waals surface area contributed by atoms with E-state index in [9.17, 15) is 18.0 Å². The van der Waals surface area contributed by atoms with Crippen LogP contribution in [0.5, 0.6) is 0 Å². The molecule has 1 fully saturated rings. The molecule has 1 atom stereocenters. The van der Waals surface area contributed by atoms with E-state index in [1.54, 1.807) is 6.92 Å². The highest BCUT2D eigenvalue weighted by Crippen LogP contribution is 2.17. The van der Waals surface area contributed by atoms with E-state index in [4.69, 9.17) is 0 Å². The molecule has 1 aliphatic heterocycles. The molecule has 1 rings (SSSR count). The Balaban J connectivity index is 2.31. The minimum atomic E-state index is -2.94. The largest absolute Gasteiger partial charge is 0.459 e. The summed E-state index contributed by atoms with van der Waals surface area (Å²) in [4.78, 5) is 22.0. The van der Waals surface area contributed by atoms with E-state index < -0.39 is 21.7 Å². The van der Waals surface area contributed by atoms with E-state index in [1.165, 1.54) is 0 Å². The summed E-state index contributed by atoms with van der Waals surface area (Å²) in [6.45, 7) is 1.95. The molecule has 1 aliphatic rings. The predicted octanol–water partition coefficient (Wildman–Crippen LogP) is -0.900. The topological polar surface area (TPSA) is 89.5 Å². The Morgan fingerprint density at radius 3 is 2.62 bits per heavy atom. The van der Waals surface area contributed by atoms with Crippen molar-refractivity contribution in [2.45, 2.75) is 13.3 Å². The van der Waals surface area contributed by atoms with Crippen LogP contribution in [-0.4, -0.2) is 45.0 Å². The van der Waals surface area contributed by atoms with Gasteiger partial charge in [-0.2, -0.15) is 0 Å². The molecule has 0 aliphatic carbocycles. The average Bonchev–Trinajstić information content (AvgIpc) is 2.55. The average molecular weight is 249 g/mol. The molecule has 0 aromatic carbocycles. The minimum Gasteiger partial charge on any atom is -0.459 e. The molecule has 7 heteroatoms. The molecule has 1 heterocycles. The zero-order valence-electron chi connectivity index (χ0n) is 9.06. The Hall–Kier alpha value is -1.11. The van der Waals surface area contributed by atoms with Crippen LogP contribution in [0, 0.1) is 5.92 Å². The van der Waals surface area contributed by atoms with Gasteiger partial charge in [0.25, 0.3) is 0 Å². The van der Waals surface area contributed by atoms with Gasteiger partial charge in [0.1, 0.15) is 0 Å². The van der Waals surface area contributed by atoms with Gasteiger partial charge in [0.2, 0.25) is 0 Å². The number of ether oxygens (including phenoxy) is 1. The summed E-state index contributed by atoms with van der Waals surface area (Å²) in [6.07, 6.45) is 0.533. The van der Waals surface area contributed by atoms with Crippen LogP contribution in [0.15, 0.2) is 0 Å². The molecule has 1 saturated heterocycles. The Bertz CT molecular complexity index is 375. The van der Waals surface area contributed by atoms with Gasteiger partial charge in [-0.1, -0.05) is 0 Å². The van der Waals surface area contributed by atoms with E-state index in [-0.39, 0.29) is 30.6 Å². The molecule has 0 spiro atoms. The molecule has 1 N–H and O–H groups in total. The quantitative estimate of drug-likeness (QED) is 0.517. The van der Waals surface area contributed by atoms with Gasteiger partial charge in [0.05, 0.1) is 18.1 Å². The summed E-state index contributed by atoms with van der Waals surface area (Å²) in [5.74, 6) is -1.60. The first-order valence-corrected chi connectivity index (χ1v) is 6.92. The molecule has 1 amide bonds. The second-order valence-corrected chi connectivity index (χ2v) is 5.93. The molecule has 0 aromatic rings. The van der Waals surface area contributed by atoms with Gasteiger partial charge in [-0.3, -0.25) is 4.79 Å². The number of carbonyl (C=O) groups excluding carboxylic acids is 2. The second-order valence-electron chi connectivity index (χ2n) is 3.70. The van der Waals surface area contributed by atoms with Gasteiger partial charge in [-0.25, -0.2) is 13.2 Å². The third-order valence-electron chi connectivity index (χ3n) is 2.34. The van der Waals surface area contributed by atoms with Crippen LogP contribution in [0.25, 0.3) is 0 Å². The van der Waals surface area contributed by atoms with Gasteiger partial charge in [-0.15, -0.1) is 0 Å². The highest BCUT2D eigenvalue weighted by molar-refractivity contribution is 7.91. The maximum Gasteiger partial charge on any atom is 0.396 e. The monoisotopic (exact) mass is 249 g/mol. The number of sulfone groups is 1. The SMILES string of the molecule is CCOC(=O)C(=O)NC[C@@H]1CCS(=O)(=O)C1. The van der Waals surface area contributed by atoms with Crippen LogP contribution in [0.1, 0.15) is 13.3 Å². The highest BCUT2D eigenvalue weighted by atomic mass is 32.2. The molecular formula is C9H15NO5S. The highest BCUT2D eigenvalue weighted by Gasteiger charge is 2.28. The van der Waals surface area contributed by atoms with Crippen molar-refractivity contribution in [3.8, 4) is 0 Å². The second kappa shape index (κ2) is 5.29. The Morgan fingerprint density at radius 1 is 1.44 bits per heavy atom. The zero-order chi connectivity index (χ0) is 12.2. The fraction of sp³-hybridized carbons (Fsp3) is 0.778. The fourth-order valence-corrected chi connectivity index (χ4v) is 3.40. The summed E-state index contributed by atoms with van der Waals surface area (Å²) in [5, 5.41) is 2.37. The number of carbonyl (C=O) groups is 2. The fourth-order valence-electron chi connectivity index (χ4n) is 1.54. The van der Waals surface area contributed by atoms with Crippen molar-refractivity contribution in [1.82, 2.24) is 5.32 Å². The maximum absolute atomic E-state index is 11.1. The molecule has 0 bridgehead atoms. The third-order valence-corrected chi connectivity index (χ3v) is 4.18. The molecule has 0 aromatic heterocycles. The third kappa shape index (κ3) is 3.80. The van der Waals surface area contributed by atoms with E-state index in [0.717, 1.165) is 0 Å². The summed E-state index contributed by atoms with van der Waals surface area (Å²) in [6, 6.07) is 0. The number of esters is 1. The number of hydrogen-bond acceptors (Lipinski definition) is 5. The van der Waals surface area contributed by atoms with Gasteiger partial charge < -0.3 is 10.1 Å². The lowest BCUT2D eigenvalue weighted by atomic mass is 10.1. The molecule has 0 saturated carbocycles. The summed E-state index contributed by atoms with van der Waals surface area (Å²) >= 11 is 0. The molecule has 16 heavy (non-hydrogen) atoms. The first-order valence-electron chi connectivity index (χ1n) is 5.10. The smallest absolute Gasteiger partial charge is 0.396 e. The van der Waals surface area contributed by atoms with Crippen molar-refractivity contribution in [3.05, 3.63) is 0 Å². The normalized spacial score (nSPS) is 22.7. The number of amides is 1. The standard InChI is InChI=1S/C9H15NO5S/c1-2-15-9(12)8(11)10-5-7-3-4-16(13,14)6-7/h7H,2-6H2,1H3,(H,10,11)/t7-/m0/s1. The van der Waals surface area contributed by atoms with Crippen molar-refractivity contribution in [1.29, 1.82) is 0 Å². The van der Waals surface area contributed by atoms with Crippen LogP contribution in [0.2, 0.25) is 0 Å². The van der Waals surface area contributed by atoms with Crippen LogP contribution in [0.4, 0.5) is 0 Å². The Labute approximate surface area is 94.3 Å². The Morgan fingerprint density at radius 2 is 2.12 bits per heavy atom. The van der Waals surface area contributed by atoms with Crippen molar-refractivity contribution >= 4 is 21.7 Å². The minimum absolute atomic E-state index is 0.0795. The first kappa shape index (κ1) is 13.0. The molecule has 0 radical (unpaired) electrons. The Kier molecular flexibility index (Phi) is 4.28. The number of hydrogen-bond donors (Lipinski definition) is 1. The summed E-state index contributed by atoms with van der Waals surface area (Å²) < 4.78 is 26.7. The van der Waals surface area contributed by atoms with Crippen LogP contribution in [0.3, 0.4) is 0 Å². The molecule has 0 unspecified atom stereocenters. The van der Waals surface area contributed by atoms with Gasteiger partial charge in [-0.05, 0) is 19.3 Å². The van der Waals surface area contributed by atoms with Crippen molar-refractivity contribution in [2.24, 2.45) is 5.92 Å². The van der Waals surface area contributed by atoms with Crippen LogP contribution >= 0.6 is 0 Å². The number of rotatable bonds is 3. The lowest BCUT2D eigenvalue weighted by Gasteiger charge is -2.08. The van der Waals surface area contributed by atoms with Crippen molar-refractivity contribution < 1.29 is 22.7 Å². The maximum atomic E-state index is 11.1. The van der Waals surface area contributed by atoms with Crippen molar-refractivity contribution in [3.63, 3.8) is 0 Å². The first-order chi connectivity index (χ1) is 7.44. The van der Waals surface area contributed by atoms with Gasteiger partial charge >= 0.3 is 11.9 Å². The van der Waals surface area contributed by atoms with Crippen LogP contribution in [-0.2, 0) is 24.2 Å². The predicted molar refractivity (Wildman–Crippen MR) is 56.4 cm³/mol. The summed E-state index contributed by atoms with van der Waals surface area (Å²) in [5.41, 5.74) is 0. The lowest BCUT2D eigenvalue weighted by molar-refractivity contribution is -0.154. The number of nitrogens with one attached hydrogen (secondary N) is 1. The molecular weight excluding hydrogens is 234 g/mol. The van der Waals surface area contributed by atoms with E-state index >= 15 is 0 Å². The van der Waals surface area contributed by atoms with Gasteiger partial charge in [0, 0.05) is 6.54 Å². The van der Waals surface area contributed by atoms with E-state index in [2.05, 4.69) is 10.1 Å².